The number of aromatic nitrogens is 1. The van der Waals surface area contributed by atoms with E-state index in [4.69, 9.17) is 0 Å². The molecule has 1 heterocycles. The summed E-state index contributed by atoms with van der Waals surface area (Å²) in [6.45, 7) is 5.10. The van der Waals surface area contributed by atoms with Gasteiger partial charge >= 0.3 is 0 Å². The van der Waals surface area contributed by atoms with Crippen LogP contribution >= 0.6 is 0 Å². The third-order valence-corrected chi connectivity index (χ3v) is 4.13. The van der Waals surface area contributed by atoms with Gasteiger partial charge in [0.1, 0.15) is 11.3 Å². The zero-order chi connectivity index (χ0) is 14.1. The van der Waals surface area contributed by atoms with Gasteiger partial charge in [-0.05, 0) is 56.2 Å². The summed E-state index contributed by atoms with van der Waals surface area (Å²) >= 11 is 0. The Kier molecular flexibility index (Phi) is 3.60. The summed E-state index contributed by atoms with van der Waals surface area (Å²) in [5.41, 5.74) is 5.16. The van der Waals surface area contributed by atoms with E-state index in [1.54, 1.807) is 0 Å². The van der Waals surface area contributed by atoms with Crippen molar-refractivity contribution in [1.82, 2.24) is 4.98 Å². The molecule has 0 bridgehead atoms. The van der Waals surface area contributed by atoms with E-state index in [2.05, 4.69) is 17.2 Å². The quantitative estimate of drug-likeness (QED) is 0.896. The summed E-state index contributed by atoms with van der Waals surface area (Å²) in [6, 6.07) is 3.38. The average Bonchev–Trinajstić information content (AvgIpc) is 2.48. The van der Waals surface area contributed by atoms with E-state index < -0.39 is 0 Å². The smallest absolute Gasteiger partial charge is 0.149 e. The van der Waals surface area contributed by atoms with Gasteiger partial charge in [-0.2, -0.15) is 0 Å². The van der Waals surface area contributed by atoms with Crippen molar-refractivity contribution in [2.75, 3.05) is 11.9 Å². The van der Waals surface area contributed by atoms with Crippen LogP contribution in [0.1, 0.15) is 43.0 Å². The van der Waals surface area contributed by atoms with Crippen LogP contribution in [0, 0.1) is 12.7 Å². The Labute approximate surface area is 119 Å². The number of hydrogen-bond acceptors (Lipinski definition) is 2. The van der Waals surface area contributed by atoms with Crippen molar-refractivity contribution in [2.24, 2.45) is 0 Å². The lowest BCUT2D eigenvalue weighted by Gasteiger charge is -2.22. The predicted molar refractivity (Wildman–Crippen MR) is 81.9 cm³/mol. The van der Waals surface area contributed by atoms with Gasteiger partial charge < -0.3 is 5.32 Å². The molecule has 1 aromatic heterocycles. The minimum atomic E-state index is -0.210. The van der Waals surface area contributed by atoms with Gasteiger partial charge in [-0.3, -0.25) is 0 Å². The lowest BCUT2D eigenvalue weighted by molar-refractivity contribution is 0.631. The highest BCUT2D eigenvalue weighted by atomic mass is 19.1. The molecular formula is C17H21FN2. The maximum Gasteiger partial charge on any atom is 0.149 e. The van der Waals surface area contributed by atoms with Crippen LogP contribution in [-0.4, -0.2) is 11.5 Å². The first-order valence-electron chi connectivity index (χ1n) is 7.56. The summed E-state index contributed by atoms with van der Waals surface area (Å²) < 4.78 is 14.1. The van der Waals surface area contributed by atoms with Crippen molar-refractivity contribution in [2.45, 2.75) is 46.0 Å². The van der Waals surface area contributed by atoms with Crippen molar-refractivity contribution in [3.63, 3.8) is 0 Å². The van der Waals surface area contributed by atoms with Crippen molar-refractivity contribution < 1.29 is 4.39 Å². The zero-order valence-corrected chi connectivity index (χ0v) is 12.2. The summed E-state index contributed by atoms with van der Waals surface area (Å²) in [6.07, 6.45) is 5.45. The fraction of sp³-hybridized carbons (Fsp3) is 0.471. The number of nitrogens with zero attached hydrogens (tertiary/aromatic N) is 1. The summed E-state index contributed by atoms with van der Waals surface area (Å²) in [7, 11) is 0. The predicted octanol–water partition coefficient (Wildman–Crippen LogP) is 4.38. The molecule has 0 saturated heterocycles. The highest BCUT2D eigenvalue weighted by molar-refractivity contribution is 5.96. The van der Waals surface area contributed by atoms with Crippen LogP contribution in [0.3, 0.4) is 0 Å². The van der Waals surface area contributed by atoms with E-state index in [1.807, 2.05) is 13.0 Å². The summed E-state index contributed by atoms with van der Waals surface area (Å²) in [4.78, 5) is 4.63. The Bertz CT molecular complexity index is 649. The van der Waals surface area contributed by atoms with Crippen LogP contribution in [0.4, 0.5) is 10.1 Å². The molecule has 0 radical (unpaired) electrons. The molecule has 0 spiro atoms. The van der Waals surface area contributed by atoms with Crippen LogP contribution in [0.5, 0.6) is 0 Å². The molecule has 2 nitrogen and oxygen atoms in total. The molecule has 0 unspecified atom stereocenters. The van der Waals surface area contributed by atoms with Gasteiger partial charge in [0.15, 0.2) is 0 Å². The summed E-state index contributed by atoms with van der Waals surface area (Å²) in [5.74, 6) is -0.210. The van der Waals surface area contributed by atoms with Crippen LogP contribution in [0.2, 0.25) is 0 Å². The standard InChI is InChI=1S/C17H21FN2/c1-3-10-19-16-12-6-4-5-7-14(12)20-17-13(18)9-8-11(2)15(16)17/h8-9H,3-7,10H2,1-2H3,(H,19,20). The van der Waals surface area contributed by atoms with Gasteiger partial charge in [-0.15, -0.1) is 0 Å². The van der Waals surface area contributed by atoms with Gasteiger partial charge in [0.2, 0.25) is 0 Å². The number of rotatable bonds is 3. The number of halogens is 1. The lowest BCUT2D eigenvalue weighted by Crippen LogP contribution is -2.13. The first-order chi connectivity index (χ1) is 9.72. The molecule has 1 N–H and O–H groups in total. The monoisotopic (exact) mass is 272 g/mol. The van der Waals surface area contributed by atoms with Crippen molar-refractivity contribution in [3.05, 3.63) is 34.8 Å². The average molecular weight is 272 g/mol. The first-order valence-corrected chi connectivity index (χ1v) is 7.56. The van der Waals surface area contributed by atoms with Gasteiger partial charge in [0.05, 0.1) is 0 Å². The molecule has 0 amide bonds. The Balaban J connectivity index is 2.30. The molecule has 1 aliphatic carbocycles. The van der Waals surface area contributed by atoms with E-state index in [1.165, 1.54) is 18.1 Å². The minimum Gasteiger partial charge on any atom is -0.384 e. The van der Waals surface area contributed by atoms with E-state index in [0.717, 1.165) is 54.6 Å². The maximum atomic E-state index is 14.1. The molecule has 0 fully saturated rings. The van der Waals surface area contributed by atoms with Crippen LogP contribution in [0.15, 0.2) is 12.1 Å². The largest absolute Gasteiger partial charge is 0.384 e. The second kappa shape index (κ2) is 5.39. The fourth-order valence-corrected chi connectivity index (χ4v) is 3.10. The number of nitrogens with one attached hydrogen (secondary N) is 1. The molecule has 2 aromatic rings. The molecule has 0 saturated carbocycles. The molecule has 0 atom stereocenters. The Hall–Kier alpha value is -1.64. The number of anilines is 1. The molecule has 20 heavy (non-hydrogen) atoms. The number of aryl methyl sites for hydroxylation is 2. The normalized spacial score (nSPS) is 14.3. The fourth-order valence-electron chi connectivity index (χ4n) is 3.10. The zero-order valence-electron chi connectivity index (χ0n) is 12.2. The van der Waals surface area contributed by atoms with Crippen molar-refractivity contribution in [1.29, 1.82) is 0 Å². The highest BCUT2D eigenvalue weighted by Gasteiger charge is 2.20. The Morgan fingerprint density at radius 3 is 2.85 bits per heavy atom. The number of pyridine rings is 1. The SMILES string of the molecule is CCCNc1c2c(nc3c(F)ccc(C)c13)CCCC2. The van der Waals surface area contributed by atoms with Gasteiger partial charge in [0.25, 0.3) is 0 Å². The van der Waals surface area contributed by atoms with E-state index in [9.17, 15) is 4.39 Å². The maximum absolute atomic E-state index is 14.1. The second-order valence-corrected chi connectivity index (χ2v) is 5.63. The third kappa shape index (κ3) is 2.15. The molecular weight excluding hydrogens is 251 g/mol. The minimum absolute atomic E-state index is 0.210. The van der Waals surface area contributed by atoms with Gasteiger partial charge in [-0.1, -0.05) is 13.0 Å². The number of benzene rings is 1. The molecule has 0 aliphatic heterocycles. The number of fused-ring (bicyclic) bond motifs is 2. The van der Waals surface area contributed by atoms with E-state index >= 15 is 0 Å². The van der Waals surface area contributed by atoms with Crippen LogP contribution in [-0.2, 0) is 12.8 Å². The molecule has 1 aromatic carbocycles. The molecule has 3 rings (SSSR count). The Morgan fingerprint density at radius 2 is 2.05 bits per heavy atom. The van der Waals surface area contributed by atoms with Crippen LogP contribution < -0.4 is 5.32 Å². The van der Waals surface area contributed by atoms with Crippen molar-refractivity contribution in [3.8, 4) is 0 Å². The molecule has 1 aliphatic rings. The lowest BCUT2D eigenvalue weighted by atomic mass is 9.91. The van der Waals surface area contributed by atoms with Gasteiger partial charge in [0, 0.05) is 23.3 Å². The number of hydrogen-bond donors (Lipinski definition) is 1. The third-order valence-electron chi connectivity index (χ3n) is 4.13. The Morgan fingerprint density at radius 1 is 1.25 bits per heavy atom. The summed E-state index contributed by atoms with van der Waals surface area (Å²) in [5, 5.41) is 4.50. The molecule has 3 heteroatoms. The topological polar surface area (TPSA) is 24.9 Å². The van der Waals surface area contributed by atoms with Crippen molar-refractivity contribution >= 4 is 16.6 Å². The van der Waals surface area contributed by atoms with Gasteiger partial charge in [-0.25, -0.2) is 9.37 Å². The first kappa shape index (κ1) is 13.3. The highest BCUT2D eigenvalue weighted by Crippen LogP contribution is 2.35. The molecule has 106 valence electrons. The second-order valence-electron chi connectivity index (χ2n) is 5.63. The van der Waals surface area contributed by atoms with E-state index in [-0.39, 0.29) is 5.82 Å². The van der Waals surface area contributed by atoms with E-state index in [0.29, 0.717) is 5.52 Å². The van der Waals surface area contributed by atoms with Crippen LogP contribution in [0.25, 0.3) is 10.9 Å².